The predicted octanol–water partition coefficient (Wildman–Crippen LogP) is 6.41. The molecule has 124 valence electrons. The Balaban J connectivity index is 2.22. The van der Waals surface area contributed by atoms with Gasteiger partial charge in [0.1, 0.15) is 0 Å². The Kier molecular flexibility index (Phi) is 7.50. The number of alkyl halides is 2. The van der Waals surface area contributed by atoms with Crippen LogP contribution < -0.4 is 4.74 Å². The molecule has 1 nitrogen and oxygen atoms in total. The molecule has 0 atom stereocenters. The molecule has 0 saturated heterocycles. The number of hydrogen-bond donors (Lipinski definition) is 0. The first-order valence-corrected chi connectivity index (χ1v) is 9.76. The summed E-state index contributed by atoms with van der Waals surface area (Å²) in [5.74, 6) is -0.709. The standard InChI is InChI=1S/C18H18Br2F2O/c19-11-3-7-13-5-1-9-15(17(13)21)23-16-10-2-6-14(18(16)22)8-4-12-20/h1-2,5-6,9-10H,3-4,7-8,11-12H2. The first-order chi connectivity index (χ1) is 11.2. The maximum Gasteiger partial charge on any atom is 0.168 e. The number of benzene rings is 2. The van der Waals surface area contributed by atoms with Gasteiger partial charge in [0.25, 0.3) is 0 Å². The minimum Gasteiger partial charge on any atom is -0.451 e. The van der Waals surface area contributed by atoms with Crippen molar-refractivity contribution in [2.75, 3.05) is 10.7 Å². The Morgan fingerprint density at radius 1 is 0.739 bits per heavy atom. The van der Waals surface area contributed by atoms with Crippen molar-refractivity contribution in [3.05, 3.63) is 59.2 Å². The van der Waals surface area contributed by atoms with E-state index in [1.165, 1.54) is 12.1 Å². The molecule has 0 fully saturated rings. The molecule has 2 rings (SSSR count). The van der Waals surface area contributed by atoms with Gasteiger partial charge in [-0.3, -0.25) is 0 Å². The Morgan fingerprint density at radius 2 is 1.17 bits per heavy atom. The van der Waals surface area contributed by atoms with Crippen molar-refractivity contribution in [2.24, 2.45) is 0 Å². The Bertz CT molecular complexity index is 591. The molecule has 0 bridgehead atoms. The third-order valence-electron chi connectivity index (χ3n) is 3.47. The zero-order valence-electron chi connectivity index (χ0n) is 12.6. The largest absolute Gasteiger partial charge is 0.451 e. The molecular weight excluding hydrogens is 430 g/mol. The molecule has 0 N–H and O–H groups in total. The Hall–Kier alpha value is -0.940. The van der Waals surface area contributed by atoms with E-state index in [4.69, 9.17) is 4.74 Å². The highest BCUT2D eigenvalue weighted by atomic mass is 79.9. The smallest absolute Gasteiger partial charge is 0.168 e. The highest BCUT2D eigenvalue weighted by Crippen LogP contribution is 2.30. The summed E-state index contributed by atoms with van der Waals surface area (Å²) in [6, 6.07) is 9.97. The molecule has 0 aliphatic carbocycles. The van der Waals surface area contributed by atoms with Gasteiger partial charge in [-0.2, -0.15) is 0 Å². The molecule has 0 spiro atoms. The van der Waals surface area contributed by atoms with Crippen molar-refractivity contribution in [1.82, 2.24) is 0 Å². The Labute approximate surface area is 152 Å². The monoisotopic (exact) mass is 446 g/mol. The maximum absolute atomic E-state index is 14.4. The first-order valence-electron chi connectivity index (χ1n) is 7.52. The van der Waals surface area contributed by atoms with Crippen molar-refractivity contribution in [3.63, 3.8) is 0 Å². The lowest BCUT2D eigenvalue weighted by Gasteiger charge is -2.12. The van der Waals surface area contributed by atoms with Crippen LogP contribution in [-0.2, 0) is 12.8 Å². The van der Waals surface area contributed by atoms with E-state index >= 15 is 0 Å². The summed E-state index contributed by atoms with van der Waals surface area (Å²) < 4.78 is 34.4. The van der Waals surface area contributed by atoms with E-state index in [9.17, 15) is 8.78 Å². The second-order valence-corrected chi connectivity index (χ2v) is 6.73. The van der Waals surface area contributed by atoms with E-state index in [0.29, 0.717) is 24.0 Å². The Morgan fingerprint density at radius 3 is 1.57 bits per heavy atom. The molecule has 0 radical (unpaired) electrons. The fraction of sp³-hybridized carbons (Fsp3) is 0.333. The fourth-order valence-corrected chi connectivity index (χ4v) is 2.85. The van der Waals surface area contributed by atoms with Crippen LogP contribution in [0.4, 0.5) is 8.78 Å². The van der Waals surface area contributed by atoms with Crippen molar-refractivity contribution in [3.8, 4) is 11.5 Å². The van der Waals surface area contributed by atoms with Gasteiger partial charge in [0.2, 0.25) is 0 Å². The van der Waals surface area contributed by atoms with Crippen LogP contribution in [0, 0.1) is 11.6 Å². The van der Waals surface area contributed by atoms with E-state index in [1.54, 1.807) is 24.3 Å². The zero-order valence-corrected chi connectivity index (χ0v) is 15.8. The minimum absolute atomic E-state index is 0.0635. The molecule has 2 aromatic carbocycles. The van der Waals surface area contributed by atoms with Gasteiger partial charge < -0.3 is 4.74 Å². The molecule has 0 saturated carbocycles. The molecule has 0 aliphatic heterocycles. The predicted molar refractivity (Wildman–Crippen MR) is 97.1 cm³/mol. The molecule has 0 aliphatic rings. The molecule has 2 aromatic rings. The van der Waals surface area contributed by atoms with E-state index < -0.39 is 11.6 Å². The van der Waals surface area contributed by atoms with Crippen molar-refractivity contribution in [2.45, 2.75) is 25.7 Å². The topological polar surface area (TPSA) is 9.23 Å². The van der Waals surface area contributed by atoms with E-state index in [0.717, 1.165) is 23.5 Å². The van der Waals surface area contributed by atoms with Gasteiger partial charge >= 0.3 is 0 Å². The second kappa shape index (κ2) is 9.38. The first kappa shape index (κ1) is 18.4. The minimum atomic E-state index is -0.418. The quantitative estimate of drug-likeness (QED) is 0.424. The van der Waals surface area contributed by atoms with E-state index in [2.05, 4.69) is 31.9 Å². The highest BCUT2D eigenvalue weighted by molar-refractivity contribution is 9.09. The number of halogens is 4. The normalized spacial score (nSPS) is 10.8. The summed E-state index contributed by atoms with van der Waals surface area (Å²) in [7, 11) is 0. The lowest BCUT2D eigenvalue weighted by atomic mass is 10.1. The summed E-state index contributed by atoms with van der Waals surface area (Å²) in [5.41, 5.74) is 1.16. The summed E-state index contributed by atoms with van der Waals surface area (Å²) in [5, 5.41) is 1.61. The SMILES string of the molecule is Fc1c(CCCBr)cccc1Oc1cccc(CCCBr)c1F. The van der Waals surface area contributed by atoms with Crippen molar-refractivity contribution >= 4 is 31.9 Å². The van der Waals surface area contributed by atoms with Crippen LogP contribution in [0.3, 0.4) is 0 Å². The maximum atomic E-state index is 14.4. The van der Waals surface area contributed by atoms with Crippen LogP contribution in [0.1, 0.15) is 24.0 Å². The van der Waals surface area contributed by atoms with Crippen LogP contribution in [0.25, 0.3) is 0 Å². The molecule has 23 heavy (non-hydrogen) atoms. The van der Waals surface area contributed by atoms with Crippen LogP contribution in [0.5, 0.6) is 11.5 Å². The number of hydrogen-bond acceptors (Lipinski definition) is 1. The number of aryl methyl sites for hydroxylation is 2. The summed E-state index contributed by atoms with van der Waals surface area (Å²) >= 11 is 6.67. The van der Waals surface area contributed by atoms with Crippen LogP contribution in [0.2, 0.25) is 0 Å². The molecule has 5 heteroatoms. The molecule has 0 heterocycles. The fourth-order valence-electron chi connectivity index (χ4n) is 2.29. The number of rotatable bonds is 8. The highest BCUT2D eigenvalue weighted by Gasteiger charge is 2.14. The summed E-state index contributed by atoms with van der Waals surface area (Å²) in [6.45, 7) is 0. The van der Waals surface area contributed by atoms with Gasteiger partial charge in [-0.05, 0) is 48.9 Å². The summed E-state index contributed by atoms with van der Waals surface area (Å²) in [4.78, 5) is 0. The van der Waals surface area contributed by atoms with Gasteiger partial charge in [-0.1, -0.05) is 56.1 Å². The van der Waals surface area contributed by atoms with Gasteiger partial charge in [-0.15, -0.1) is 0 Å². The van der Waals surface area contributed by atoms with Crippen LogP contribution in [0.15, 0.2) is 36.4 Å². The van der Waals surface area contributed by atoms with Gasteiger partial charge in [0.05, 0.1) is 0 Å². The average Bonchev–Trinajstić information content (AvgIpc) is 2.56. The molecule has 0 aromatic heterocycles. The zero-order chi connectivity index (χ0) is 16.7. The number of ether oxygens (including phenoxy) is 1. The van der Waals surface area contributed by atoms with Crippen molar-refractivity contribution < 1.29 is 13.5 Å². The summed E-state index contributed by atoms with van der Waals surface area (Å²) in [6.07, 6.45) is 2.89. The van der Waals surface area contributed by atoms with Crippen LogP contribution in [-0.4, -0.2) is 10.7 Å². The van der Waals surface area contributed by atoms with Gasteiger partial charge in [0, 0.05) is 10.7 Å². The van der Waals surface area contributed by atoms with E-state index in [-0.39, 0.29) is 11.5 Å². The van der Waals surface area contributed by atoms with Crippen molar-refractivity contribution in [1.29, 1.82) is 0 Å². The van der Waals surface area contributed by atoms with E-state index in [1.807, 2.05) is 0 Å². The van der Waals surface area contributed by atoms with Crippen LogP contribution >= 0.6 is 31.9 Å². The lowest BCUT2D eigenvalue weighted by Crippen LogP contribution is -1.99. The average molecular weight is 448 g/mol. The third-order valence-corrected chi connectivity index (χ3v) is 4.59. The second-order valence-electron chi connectivity index (χ2n) is 5.15. The molecule has 0 amide bonds. The third kappa shape index (κ3) is 5.01. The molecular formula is C18H18Br2F2O. The lowest BCUT2D eigenvalue weighted by molar-refractivity contribution is 0.409. The van der Waals surface area contributed by atoms with Gasteiger partial charge in [0.15, 0.2) is 23.1 Å². The molecule has 0 unspecified atom stereocenters. The van der Waals surface area contributed by atoms with Gasteiger partial charge in [-0.25, -0.2) is 8.78 Å².